The van der Waals surface area contributed by atoms with Gasteiger partial charge in [0.25, 0.3) is 0 Å². The molecule has 0 bridgehead atoms. The minimum Gasteiger partial charge on any atom is -0.343 e. The minimum absolute atomic E-state index is 0. The van der Waals surface area contributed by atoms with E-state index in [2.05, 4.69) is 5.32 Å². The van der Waals surface area contributed by atoms with Crippen molar-refractivity contribution in [3.8, 4) is 0 Å². The first-order valence-corrected chi connectivity index (χ1v) is 3.74. The molecule has 0 radical (unpaired) electrons. The molecule has 0 aromatic rings. The van der Waals surface area contributed by atoms with Crippen LogP contribution >= 0.6 is 12.4 Å². The highest BCUT2D eigenvalue weighted by atomic mass is 35.5. The van der Waals surface area contributed by atoms with Crippen molar-refractivity contribution >= 4 is 12.4 Å². The zero-order chi connectivity index (χ0) is 7.19. The Labute approximate surface area is 72.8 Å². The lowest BCUT2D eigenvalue weighted by atomic mass is 10.3. The molecule has 0 aliphatic carbocycles. The summed E-state index contributed by atoms with van der Waals surface area (Å²) in [5, 5.41) is 3.21. The smallest absolute Gasteiger partial charge is 0.163 e. The average Bonchev–Trinajstić information content (AvgIpc) is 2.20. The van der Waals surface area contributed by atoms with Crippen LogP contribution in [0.2, 0.25) is 0 Å². The Balaban J connectivity index is 0.000000605. The molecular formula is C7H14ClNO2. The third kappa shape index (κ3) is 1.67. The largest absolute Gasteiger partial charge is 0.343 e. The number of rotatable bonds is 0. The SMILES string of the molecule is CC1(C)O[C@H]2CNC[C@H]2O1.Cl. The van der Waals surface area contributed by atoms with Gasteiger partial charge >= 0.3 is 0 Å². The van der Waals surface area contributed by atoms with Crippen LogP contribution in [0.3, 0.4) is 0 Å². The summed E-state index contributed by atoms with van der Waals surface area (Å²) in [6.45, 7) is 5.80. The van der Waals surface area contributed by atoms with Crippen molar-refractivity contribution in [3.63, 3.8) is 0 Å². The summed E-state index contributed by atoms with van der Waals surface area (Å²) in [5.41, 5.74) is 0. The van der Waals surface area contributed by atoms with E-state index < -0.39 is 0 Å². The summed E-state index contributed by atoms with van der Waals surface area (Å²) in [5.74, 6) is -0.350. The van der Waals surface area contributed by atoms with E-state index in [1.165, 1.54) is 0 Å². The molecule has 0 aromatic carbocycles. The highest BCUT2D eigenvalue weighted by Crippen LogP contribution is 2.29. The maximum Gasteiger partial charge on any atom is 0.163 e. The van der Waals surface area contributed by atoms with Gasteiger partial charge in [-0.1, -0.05) is 0 Å². The third-order valence-electron chi connectivity index (χ3n) is 1.98. The van der Waals surface area contributed by atoms with E-state index >= 15 is 0 Å². The molecule has 2 aliphatic rings. The summed E-state index contributed by atoms with van der Waals surface area (Å²) in [6.07, 6.45) is 0.574. The van der Waals surface area contributed by atoms with E-state index in [9.17, 15) is 0 Å². The van der Waals surface area contributed by atoms with Crippen LogP contribution in [-0.4, -0.2) is 31.1 Å². The second-order valence-corrected chi connectivity index (χ2v) is 3.37. The highest BCUT2D eigenvalue weighted by Gasteiger charge is 2.43. The van der Waals surface area contributed by atoms with E-state index in [0.29, 0.717) is 0 Å². The first-order chi connectivity index (χ1) is 4.67. The van der Waals surface area contributed by atoms with Crippen molar-refractivity contribution in [3.05, 3.63) is 0 Å². The molecule has 0 saturated carbocycles. The van der Waals surface area contributed by atoms with Crippen LogP contribution in [0.15, 0.2) is 0 Å². The van der Waals surface area contributed by atoms with E-state index in [1.807, 2.05) is 13.8 Å². The van der Waals surface area contributed by atoms with Gasteiger partial charge in [-0.05, 0) is 13.8 Å². The summed E-state index contributed by atoms with van der Waals surface area (Å²) < 4.78 is 11.2. The molecule has 2 atom stereocenters. The van der Waals surface area contributed by atoms with Gasteiger partial charge in [-0.3, -0.25) is 0 Å². The lowest BCUT2D eigenvalue weighted by Gasteiger charge is -2.17. The molecule has 66 valence electrons. The predicted octanol–water partition coefficient (Wildman–Crippen LogP) is 0.531. The van der Waals surface area contributed by atoms with Gasteiger partial charge in [0, 0.05) is 13.1 Å². The second kappa shape index (κ2) is 2.90. The fraction of sp³-hybridized carbons (Fsp3) is 1.00. The van der Waals surface area contributed by atoms with Gasteiger partial charge in [-0.2, -0.15) is 0 Å². The summed E-state index contributed by atoms with van der Waals surface area (Å²) >= 11 is 0. The standard InChI is InChI=1S/C7H13NO2.ClH/c1-7(2)9-5-3-8-4-6(5)10-7;/h5-6,8H,3-4H2,1-2H3;1H/t5-,6+;. The van der Waals surface area contributed by atoms with Gasteiger partial charge in [-0.15, -0.1) is 12.4 Å². The van der Waals surface area contributed by atoms with Crippen molar-refractivity contribution in [2.24, 2.45) is 0 Å². The molecular weight excluding hydrogens is 166 g/mol. The second-order valence-electron chi connectivity index (χ2n) is 3.37. The van der Waals surface area contributed by atoms with Crippen molar-refractivity contribution in [1.82, 2.24) is 5.32 Å². The first kappa shape index (κ1) is 9.26. The van der Waals surface area contributed by atoms with Gasteiger partial charge in [0.1, 0.15) is 12.2 Å². The van der Waals surface area contributed by atoms with Gasteiger partial charge in [-0.25, -0.2) is 0 Å². The molecule has 0 aromatic heterocycles. The van der Waals surface area contributed by atoms with Gasteiger partial charge < -0.3 is 14.8 Å². The van der Waals surface area contributed by atoms with Gasteiger partial charge in [0.15, 0.2) is 5.79 Å². The monoisotopic (exact) mass is 179 g/mol. The van der Waals surface area contributed by atoms with Crippen LogP contribution in [0.5, 0.6) is 0 Å². The Kier molecular flexibility index (Phi) is 2.44. The molecule has 2 rings (SSSR count). The zero-order valence-corrected chi connectivity index (χ0v) is 7.61. The van der Waals surface area contributed by atoms with Gasteiger partial charge in [0.2, 0.25) is 0 Å². The number of halogens is 1. The number of ether oxygens (including phenoxy) is 2. The summed E-state index contributed by atoms with van der Waals surface area (Å²) in [7, 11) is 0. The predicted molar refractivity (Wildman–Crippen MR) is 43.9 cm³/mol. The Morgan fingerprint density at radius 1 is 1.18 bits per heavy atom. The van der Waals surface area contributed by atoms with E-state index in [-0.39, 0.29) is 30.4 Å². The fourth-order valence-corrected chi connectivity index (χ4v) is 1.62. The number of nitrogens with one attached hydrogen (secondary N) is 1. The molecule has 4 heteroatoms. The normalized spacial score (nSPS) is 39.8. The Bertz CT molecular complexity index is 137. The van der Waals surface area contributed by atoms with Crippen molar-refractivity contribution < 1.29 is 9.47 Å². The van der Waals surface area contributed by atoms with E-state index in [4.69, 9.17) is 9.47 Å². The van der Waals surface area contributed by atoms with Crippen LogP contribution in [0.25, 0.3) is 0 Å². The van der Waals surface area contributed by atoms with Crippen LogP contribution in [0.1, 0.15) is 13.8 Å². The molecule has 2 saturated heterocycles. The Morgan fingerprint density at radius 2 is 1.64 bits per heavy atom. The maximum absolute atomic E-state index is 5.59. The quantitative estimate of drug-likeness (QED) is 0.589. The molecule has 11 heavy (non-hydrogen) atoms. The van der Waals surface area contributed by atoms with Crippen molar-refractivity contribution in [2.45, 2.75) is 31.8 Å². The molecule has 0 amide bonds. The lowest BCUT2D eigenvalue weighted by Crippen LogP contribution is -2.26. The zero-order valence-electron chi connectivity index (χ0n) is 6.79. The molecule has 2 fully saturated rings. The average molecular weight is 180 g/mol. The number of hydrogen-bond acceptors (Lipinski definition) is 3. The lowest BCUT2D eigenvalue weighted by molar-refractivity contribution is -0.149. The summed E-state index contributed by atoms with van der Waals surface area (Å²) in [4.78, 5) is 0. The minimum atomic E-state index is -0.350. The molecule has 0 spiro atoms. The third-order valence-corrected chi connectivity index (χ3v) is 1.98. The molecule has 3 nitrogen and oxygen atoms in total. The molecule has 2 heterocycles. The Hall–Kier alpha value is 0.170. The molecule has 2 aliphatic heterocycles. The van der Waals surface area contributed by atoms with Crippen molar-refractivity contribution in [2.75, 3.05) is 13.1 Å². The Morgan fingerprint density at radius 3 is 2.09 bits per heavy atom. The van der Waals surface area contributed by atoms with E-state index in [1.54, 1.807) is 0 Å². The molecule has 1 N–H and O–H groups in total. The van der Waals surface area contributed by atoms with Crippen LogP contribution in [-0.2, 0) is 9.47 Å². The van der Waals surface area contributed by atoms with E-state index in [0.717, 1.165) is 13.1 Å². The number of hydrogen-bond donors (Lipinski definition) is 1. The highest BCUT2D eigenvalue weighted by molar-refractivity contribution is 5.85. The van der Waals surface area contributed by atoms with Crippen LogP contribution < -0.4 is 5.32 Å². The summed E-state index contributed by atoms with van der Waals surface area (Å²) in [6, 6.07) is 0. The van der Waals surface area contributed by atoms with Crippen LogP contribution in [0, 0.1) is 0 Å². The van der Waals surface area contributed by atoms with Crippen LogP contribution in [0.4, 0.5) is 0 Å². The fourth-order valence-electron chi connectivity index (χ4n) is 1.62. The van der Waals surface area contributed by atoms with Gasteiger partial charge in [0.05, 0.1) is 0 Å². The maximum atomic E-state index is 5.59. The van der Waals surface area contributed by atoms with Crippen molar-refractivity contribution in [1.29, 1.82) is 0 Å². The topological polar surface area (TPSA) is 30.5 Å². The molecule has 0 unspecified atom stereocenters. The number of fused-ring (bicyclic) bond motifs is 1. The first-order valence-electron chi connectivity index (χ1n) is 3.74.